The van der Waals surface area contributed by atoms with Gasteiger partial charge in [-0.3, -0.25) is 4.98 Å². The molecule has 0 amide bonds. The van der Waals surface area contributed by atoms with Crippen LogP contribution in [0.15, 0.2) is 24.5 Å². The molecular weight excluding hydrogens is 176 g/mol. The molecule has 0 aliphatic heterocycles. The molecule has 0 bridgehead atoms. The molecule has 2 rings (SSSR count). The van der Waals surface area contributed by atoms with Gasteiger partial charge in [0.15, 0.2) is 0 Å². The zero-order valence-electron chi connectivity index (χ0n) is 8.19. The zero-order valence-corrected chi connectivity index (χ0v) is 8.19. The van der Waals surface area contributed by atoms with Gasteiger partial charge in [-0.1, -0.05) is 6.07 Å². The topological polar surface area (TPSA) is 45.1 Å². The van der Waals surface area contributed by atoms with Crippen molar-refractivity contribution in [2.24, 2.45) is 0 Å². The summed E-state index contributed by atoms with van der Waals surface area (Å²) in [5.74, 6) is 0. The van der Waals surface area contributed by atoms with Crippen molar-refractivity contribution in [3.63, 3.8) is 0 Å². The lowest BCUT2D eigenvalue weighted by molar-refractivity contribution is 0.148. The third kappa shape index (κ3) is 2.30. The first-order chi connectivity index (χ1) is 6.86. The molecule has 2 N–H and O–H groups in total. The van der Waals surface area contributed by atoms with Gasteiger partial charge in [0.2, 0.25) is 0 Å². The molecule has 0 spiro atoms. The standard InChI is InChI=1S/C11H16N2O/c14-11-5-1-4-10(11)13-8-9-3-2-6-12-7-9/h2-3,6-7,10-11,13-14H,1,4-5,8H2/t10-,11-/m1/s1. The van der Waals surface area contributed by atoms with Crippen LogP contribution in [0.4, 0.5) is 0 Å². The second kappa shape index (κ2) is 4.53. The molecule has 1 fully saturated rings. The maximum absolute atomic E-state index is 9.59. The van der Waals surface area contributed by atoms with Gasteiger partial charge in [0.1, 0.15) is 0 Å². The Morgan fingerprint density at radius 2 is 2.43 bits per heavy atom. The van der Waals surface area contributed by atoms with Gasteiger partial charge in [-0.05, 0) is 30.9 Å². The summed E-state index contributed by atoms with van der Waals surface area (Å²) >= 11 is 0. The van der Waals surface area contributed by atoms with E-state index >= 15 is 0 Å². The largest absolute Gasteiger partial charge is 0.392 e. The van der Waals surface area contributed by atoms with Gasteiger partial charge in [-0.15, -0.1) is 0 Å². The van der Waals surface area contributed by atoms with E-state index in [1.807, 2.05) is 18.3 Å². The SMILES string of the molecule is O[C@@H]1CCC[C@H]1NCc1cccnc1. The first-order valence-corrected chi connectivity index (χ1v) is 5.16. The molecule has 14 heavy (non-hydrogen) atoms. The van der Waals surface area contributed by atoms with Crippen LogP contribution in [0.25, 0.3) is 0 Å². The van der Waals surface area contributed by atoms with Crippen molar-refractivity contribution in [2.75, 3.05) is 0 Å². The maximum atomic E-state index is 9.59. The highest BCUT2D eigenvalue weighted by Gasteiger charge is 2.24. The molecular formula is C11H16N2O. The summed E-state index contributed by atoms with van der Waals surface area (Å²) < 4.78 is 0. The summed E-state index contributed by atoms with van der Waals surface area (Å²) in [7, 11) is 0. The fourth-order valence-electron chi connectivity index (χ4n) is 1.93. The molecule has 76 valence electrons. The summed E-state index contributed by atoms with van der Waals surface area (Å²) in [6.07, 6.45) is 6.62. The average molecular weight is 192 g/mol. The number of nitrogens with one attached hydrogen (secondary N) is 1. The van der Waals surface area contributed by atoms with E-state index in [1.54, 1.807) is 6.20 Å². The molecule has 1 aliphatic carbocycles. The second-order valence-electron chi connectivity index (χ2n) is 3.85. The van der Waals surface area contributed by atoms with Crippen LogP contribution in [-0.2, 0) is 6.54 Å². The number of aliphatic hydroxyl groups is 1. The molecule has 0 saturated heterocycles. The predicted octanol–water partition coefficient (Wildman–Crippen LogP) is 1.08. The van der Waals surface area contributed by atoms with E-state index in [1.165, 1.54) is 5.56 Å². The number of rotatable bonds is 3. The van der Waals surface area contributed by atoms with E-state index in [9.17, 15) is 5.11 Å². The number of aromatic nitrogens is 1. The Kier molecular flexibility index (Phi) is 3.11. The van der Waals surface area contributed by atoms with Crippen molar-refractivity contribution in [1.82, 2.24) is 10.3 Å². The molecule has 3 nitrogen and oxygen atoms in total. The van der Waals surface area contributed by atoms with E-state index in [4.69, 9.17) is 0 Å². The number of hydrogen-bond acceptors (Lipinski definition) is 3. The molecule has 1 aromatic rings. The smallest absolute Gasteiger partial charge is 0.0693 e. The Balaban J connectivity index is 1.82. The summed E-state index contributed by atoms with van der Waals surface area (Å²) in [6, 6.07) is 4.25. The van der Waals surface area contributed by atoms with Gasteiger partial charge in [-0.25, -0.2) is 0 Å². The Morgan fingerprint density at radius 1 is 1.50 bits per heavy atom. The van der Waals surface area contributed by atoms with Gasteiger partial charge in [-0.2, -0.15) is 0 Å². The van der Waals surface area contributed by atoms with Crippen LogP contribution in [0.2, 0.25) is 0 Å². The van der Waals surface area contributed by atoms with E-state index < -0.39 is 0 Å². The first-order valence-electron chi connectivity index (χ1n) is 5.16. The van der Waals surface area contributed by atoms with Crippen LogP contribution >= 0.6 is 0 Å². The third-order valence-corrected chi connectivity index (χ3v) is 2.77. The van der Waals surface area contributed by atoms with Crippen molar-refractivity contribution in [3.05, 3.63) is 30.1 Å². The zero-order chi connectivity index (χ0) is 9.80. The minimum Gasteiger partial charge on any atom is -0.392 e. The molecule has 0 aromatic carbocycles. The Morgan fingerprint density at radius 3 is 3.07 bits per heavy atom. The van der Waals surface area contributed by atoms with Crippen LogP contribution in [0.1, 0.15) is 24.8 Å². The molecule has 0 unspecified atom stereocenters. The van der Waals surface area contributed by atoms with Crippen LogP contribution in [0.3, 0.4) is 0 Å². The highest BCUT2D eigenvalue weighted by molar-refractivity contribution is 5.08. The minimum atomic E-state index is -0.160. The van der Waals surface area contributed by atoms with Gasteiger partial charge < -0.3 is 10.4 Å². The van der Waals surface area contributed by atoms with E-state index in [0.717, 1.165) is 25.8 Å². The van der Waals surface area contributed by atoms with Gasteiger partial charge in [0, 0.05) is 25.0 Å². The number of nitrogens with zero attached hydrogens (tertiary/aromatic N) is 1. The van der Waals surface area contributed by atoms with Crippen LogP contribution in [0, 0.1) is 0 Å². The normalized spacial score (nSPS) is 26.6. The van der Waals surface area contributed by atoms with E-state index in [0.29, 0.717) is 0 Å². The lowest BCUT2D eigenvalue weighted by atomic mass is 10.2. The Hall–Kier alpha value is -0.930. The summed E-state index contributed by atoms with van der Waals surface area (Å²) in [5, 5.41) is 12.9. The molecule has 1 heterocycles. The van der Waals surface area contributed by atoms with Crippen molar-refractivity contribution in [2.45, 2.75) is 38.0 Å². The Bertz CT molecular complexity index is 276. The van der Waals surface area contributed by atoms with Crippen molar-refractivity contribution in [3.8, 4) is 0 Å². The average Bonchev–Trinajstić information content (AvgIpc) is 2.63. The summed E-state index contributed by atoms with van der Waals surface area (Å²) in [6.45, 7) is 0.801. The molecule has 1 aromatic heterocycles. The molecule has 1 saturated carbocycles. The fourth-order valence-corrected chi connectivity index (χ4v) is 1.93. The highest BCUT2D eigenvalue weighted by atomic mass is 16.3. The number of pyridine rings is 1. The van der Waals surface area contributed by atoms with E-state index in [2.05, 4.69) is 10.3 Å². The van der Waals surface area contributed by atoms with E-state index in [-0.39, 0.29) is 12.1 Å². The highest BCUT2D eigenvalue weighted by Crippen LogP contribution is 2.18. The quantitative estimate of drug-likeness (QED) is 0.753. The number of hydrogen-bond donors (Lipinski definition) is 2. The first kappa shape index (κ1) is 9.62. The van der Waals surface area contributed by atoms with Crippen molar-refractivity contribution >= 4 is 0 Å². The lowest BCUT2D eigenvalue weighted by Gasteiger charge is -2.15. The van der Waals surface area contributed by atoms with Crippen LogP contribution in [-0.4, -0.2) is 22.2 Å². The van der Waals surface area contributed by atoms with Gasteiger partial charge in [0.05, 0.1) is 6.10 Å². The maximum Gasteiger partial charge on any atom is 0.0693 e. The van der Waals surface area contributed by atoms with Crippen molar-refractivity contribution in [1.29, 1.82) is 0 Å². The second-order valence-corrected chi connectivity index (χ2v) is 3.85. The van der Waals surface area contributed by atoms with Gasteiger partial charge >= 0.3 is 0 Å². The summed E-state index contributed by atoms with van der Waals surface area (Å²) in [5.41, 5.74) is 1.17. The number of aliphatic hydroxyl groups excluding tert-OH is 1. The molecule has 3 heteroatoms. The minimum absolute atomic E-state index is 0.160. The fraction of sp³-hybridized carbons (Fsp3) is 0.545. The lowest BCUT2D eigenvalue weighted by Crippen LogP contribution is -2.35. The van der Waals surface area contributed by atoms with Crippen LogP contribution in [0.5, 0.6) is 0 Å². The molecule has 1 aliphatic rings. The van der Waals surface area contributed by atoms with Crippen molar-refractivity contribution < 1.29 is 5.11 Å². The predicted molar refractivity (Wildman–Crippen MR) is 54.7 cm³/mol. The van der Waals surface area contributed by atoms with Crippen LogP contribution < -0.4 is 5.32 Å². The monoisotopic (exact) mass is 192 g/mol. The molecule has 0 radical (unpaired) electrons. The third-order valence-electron chi connectivity index (χ3n) is 2.77. The summed E-state index contributed by atoms with van der Waals surface area (Å²) in [4.78, 5) is 4.05. The van der Waals surface area contributed by atoms with Gasteiger partial charge in [0.25, 0.3) is 0 Å². The molecule has 2 atom stereocenters. The Labute approximate surface area is 84.2 Å².